The van der Waals surface area contributed by atoms with Crippen molar-refractivity contribution in [1.29, 1.82) is 0 Å². The molecule has 1 heterocycles. The van der Waals surface area contributed by atoms with E-state index in [1.807, 2.05) is 0 Å². The number of hydrogen-bond donors (Lipinski definition) is 0. The van der Waals surface area contributed by atoms with Crippen LogP contribution in [0, 0.1) is 0 Å². The molecule has 3 aromatic rings. The Labute approximate surface area is 371 Å². The van der Waals surface area contributed by atoms with E-state index in [-0.39, 0.29) is 11.1 Å². The van der Waals surface area contributed by atoms with Gasteiger partial charge in [-0.1, -0.05) is 66.4 Å². The predicted molar refractivity (Wildman–Crippen MR) is 228 cm³/mol. The molecule has 63 heavy (non-hydrogen) atoms. The molecule has 0 N–H and O–H groups in total. The lowest BCUT2D eigenvalue weighted by molar-refractivity contribution is -0.224. The summed E-state index contributed by atoms with van der Waals surface area (Å²) in [4.78, 5) is 96.8. The fourth-order valence-electron chi connectivity index (χ4n) is 5.69. The number of benzene rings is 3. The van der Waals surface area contributed by atoms with Crippen LogP contribution in [0.1, 0.15) is 62.3 Å². The molecule has 1 aliphatic rings. The molecule has 4 rings (SSSR count). The lowest BCUT2D eigenvalue weighted by Crippen LogP contribution is -2.62. The molecule has 1 saturated heterocycles. The summed E-state index contributed by atoms with van der Waals surface area (Å²) in [5.74, 6) is -4.20. The summed E-state index contributed by atoms with van der Waals surface area (Å²) in [7, 11) is 4.03. The van der Waals surface area contributed by atoms with Gasteiger partial charge >= 0.3 is 36.1 Å². The first-order valence-electron chi connectivity index (χ1n) is 20.0. The molecule has 0 aliphatic carbocycles. The van der Waals surface area contributed by atoms with E-state index in [4.69, 9.17) is 33.2 Å². The standard InChI is InChI=1S/C45H55N3O14S/c1-44(2,3)61-42(54)47(8)25-33(49)46(7)26-34(50)56-28-32-36(58-35(51)27-48(9)43(55)62-45(4,5)6)37(59-39(52)29-19-13-10-14-20-29)38(60-40(53)30-21-15-11-16-22-30)41(57-32)63-31-23-17-12-18-24-31/h10-24,32,36-38,41H,25-28H2,1-9H3/t32-,36+,37+,38-,41+/m1/s1. The van der Waals surface area contributed by atoms with E-state index >= 15 is 0 Å². The van der Waals surface area contributed by atoms with Crippen molar-refractivity contribution >= 4 is 53.7 Å². The van der Waals surface area contributed by atoms with Gasteiger partial charge in [-0.25, -0.2) is 19.2 Å². The second-order valence-electron chi connectivity index (χ2n) is 16.5. The normalized spacial score (nSPS) is 18.5. The number of rotatable bonds is 15. The second kappa shape index (κ2) is 22.3. The molecule has 0 spiro atoms. The fraction of sp³-hybridized carbons (Fsp3) is 0.444. The maximum absolute atomic E-state index is 13.9. The number of carbonyl (C=O) groups excluding carboxylic acids is 7. The van der Waals surface area contributed by atoms with Crippen LogP contribution in [0.2, 0.25) is 0 Å². The predicted octanol–water partition coefficient (Wildman–Crippen LogP) is 5.60. The molecule has 0 bridgehead atoms. The molecule has 18 heteroatoms. The molecule has 17 nitrogen and oxygen atoms in total. The van der Waals surface area contributed by atoms with Crippen molar-refractivity contribution in [2.45, 2.75) is 87.5 Å². The minimum Gasteiger partial charge on any atom is -0.461 e. The summed E-state index contributed by atoms with van der Waals surface area (Å²) in [6.45, 7) is 7.79. The second-order valence-corrected chi connectivity index (χ2v) is 17.7. The van der Waals surface area contributed by atoms with Crippen molar-refractivity contribution in [3.63, 3.8) is 0 Å². The minimum atomic E-state index is -1.63. The molecule has 0 aromatic heterocycles. The van der Waals surface area contributed by atoms with Crippen LogP contribution in [0.3, 0.4) is 0 Å². The van der Waals surface area contributed by atoms with E-state index in [1.54, 1.807) is 108 Å². The van der Waals surface area contributed by atoms with Crippen LogP contribution >= 0.6 is 11.8 Å². The third-order valence-electron chi connectivity index (χ3n) is 8.71. The van der Waals surface area contributed by atoms with Gasteiger partial charge in [-0.05, 0) is 77.9 Å². The van der Waals surface area contributed by atoms with Crippen molar-refractivity contribution in [3.8, 4) is 0 Å². The van der Waals surface area contributed by atoms with Crippen LogP contribution in [-0.2, 0) is 47.5 Å². The van der Waals surface area contributed by atoms with E-state index in [9.17, 15) is 33.6 Å². The van der Waals surface area contributed by atoms with Gasteiger partial charge in [-0.15, -0.1) is 0 Å². The van der Waals surface area contributed by atoms with Gasteiger partial charge in [0.2, 0.25) is 5.91 Å². The quantitative estimate of drug-likeness (QED) is 0.135. The zero-order chi connectivity index (χ0) is 46.5. The zero-order valence-electron chi connectivity index (χ0n) is 36.8. The third kappa shape index (κ3) is 15.9. The van der Waals surface area contributed by atoms with Crippen LogP contribution in [-0.4, -0.2) is 145 Å². The first-order chi connectivity index (χ1) is 29.6. The van der Waals surface area contributed by atoms with Crippen molar-refractivity contribution < 1.29 is 66.7 Å². The number of esters is 4. The Morgan fingerprint density at radius 1 is 0.556 bits per heavy atom. The highest BCUT2D eigenvalue weighted by Crippen LogP contribution is 2.38. The van der Waals surface area contributed by atoms with Crippen molar-refractivity contribution in [2.24, 2.45) is 0 Å². The van der Waals surface area contributed by atoms with Gasteiger partial charge in [0.25, 0.3) is 0 Å². The van der Waals surface area contributed by atoms with Crippen molar-refractivity contribution in [3.05, 3.63) is 102 Å². The largest absolute Gasteiger partial charge is 0.461 e. The van der Waals surface area contributed by atoms with Crippen LogP contribution < -0.4 is 0 Å². The van der Waals surface area contributed by atoms with Crippen LogP contribution in [0.4, 0.5) is 9.59 Å². The van der Waals surface area contributed by atoms with Crippen LogP contribution in [0.25, 0.3) is 0 Å². The molecule has 0 saturated carbocycles. The van der Waals surface area contributed by atoms with Crippen molar-refractivity contribution in [1.82, 2.24) is 14.7 Å². The lowest BCUT2D eigenvalue weighted by Gasteiger charge is -2.44. The molecule has 1 aliphatic heterocycles. The van der Waals surface area contributed by atoms with Gasteiger partial charge in [-0.3, -0.25) is 14.4 Å². The Balaban J connectivity index is 1.69. The van der Waals surface area contributed by atoms with Gasteiger partial charge in [0.15, 0.2) is 18.3 Å². The Bertz CT molecular complexity index is 2040. The van der Waals surface area contributed by atoms with E-state index in [0.717, 1.165) is 26.5 Å². The number of likely N-dealkylation sites (N-methyl/N-ethyl adjacent to an activating group) is 3. The van der Waals surface area contributed by atoms with Gasteiger partial charge in [0.05, 0.1) is 11.1 Å². The molecule has 3 amide bonds. The molecule has 1 fully saturated rings. The number of ether oxygens (including phenoxy) is 7. The summed E-state index contributed by atoms with van der Waals surface area (Å²) < 4.78 is 41.0. The topological polar surface area (TPSA) is 194 Å². The molecule has 0 unspecified atom stereocenters. The first-order valence-corrected chi connectivity index (χ1v) is 20.8. The highest BCUT2D eigenvalue weighted by Gasteiger charge is 2.53. The number of carbonyl (C=O) groups is 7. The summed E-state index contributed by atoms with van der Waals surface area (Å²) in [5, 5.41) is 0. The molecule has 3 aromatic carbocycles. The molecule has 0 radical (unpaired) electrons. The molecule has 340 valence electrons. The molecular weight excluding hydrogens is 839 g/mol. The minimum absolute atomic E-state index is 0.118. The van der Waals surface area contributed by atoms with Gasteiger partial charge in [0, 0.05) is 26.0 Å². The van der Waals surface area contributed by atoms with Gasteiger partial charge in [0.1, 0.15) is 49.0 Å². The average molecular weight is 894 g/mol. The highest BCUT2D eigenvalue weighted by molar-refractivity contribution is 7.99. The number of nitrogens with zero attached hydrogens (tertiary/aromatic N) is 3. The zero-order valence-corrected chi connectivity index (χ0v) is 37.7. The average Bonchev–Trinajstić information content (AvgIpc) is 3.21. The Kier molecular flexibility index (Phi) is 17.5. The molecule has 5 atom stereocenters. The summed E-state index contributed by atoms with van der Waals surface area (Å²) in [5.41, 5.74) is -2.58. The van der Waals surface area contributed by atoms with Crippen LogP contribution in [0.5, 0.6) is 0 Å². The maximum atomic E-state index is 13.9. The van der Waals surface area contributed by atoms with E-state index in [1.165, 1.54) is 45.4 Å². The number of hydrogen-bond acceptors (Lipinski definition) is 15. The molecular formula is C45H55N3O14S. The first kappa shape index (κ1) is 49.5. The monoisotopic (exact) mass is 893 g/mol. The van der Waals surface area contributed by atoms with Crippen LogP contribution in [0.15, 0.2) is 95.9 Å². The Morgan fingerprint density at radius 3 is 1.49 bits per heavy atom. The van der Waals surface area contributed by atoms with E-state index in [2.05, 4.69) is 0 Å². The summed E-state index contributed by atoms with van der Waals surface area (Å²) in [6.07, 6.45) is -7.67. The lowest BCUT2D eigenvalue weighted by atomic mass is 9.98. The van der Waals surface area contributed by atoms with Crippen molar-refractivity contribution in [2.75, 3.05) is 47.4 Å². The SMILES string of the molecule is CN(CC(=O)OC[C@H]1O[C@@H](Sc2ccccc2)[C@H](OC(=O)c2ccccc2)[C@@H](OC(=O)c2ccccc2)[C@H]1OC(=O)CN(C)C(=O)OC(C)(C)C)C(=O)CN(C)C(=O)OC(C)(C)C. The van der Waals surface area contributed by atoms with E-state index in [0.29, 0.717) is 4.90 Å². The number of amides is 3. The maximum Gasteiger partial charge on any atom is 0.410 e. The smallest absolute Gasteiger partial charge is 0.410 e. The highest BCUT2D eigenvalue weighted by atomic mass is 32.2. The Hall–Kier alpha value is -6.14. The summed E-state index contributed by atoms with van der Waals surface area (Å²) >= 11 is 1.10. The third-order valence-corrected chi connectivity index (χ3v) is 9.87. The Morgan fingerprint density at radius 2 is 1.00 bits per heavy atom. The van der Waals surface area contributed by atoms with E-state index < -0.39 is 109 Å². The number of thioether (sulfide) groups is 1. The summed E-state index contributed by atoms with van der Waals surface area (Å²) in [6, 6.07) is 24.9. The van der Waals surface area contributed by atoms with Gasteiger partial charge < -0.3 is 47.9 Å². The fourth-order valence-corrected chi connectivity index (χ4v) is 6.82. The van der Waals surface area contributed by atoms with Gasteiger partial charge in [-0.2, -0.15) is 0 Å².